The molecular formula is C13H17ClFN3O. The van der Waals surface area contributed by atoms with Gasteiger partial charge < -0.3 is 16.4 Å². The van der Waals surface area contributed by atoms with E-state index in [1.807, 2.05) is 0 Å². The van der Waals surface area contributed by atoms with Crippen LogP contribution in [0.25, 0.3) is 0 Å². The fraction of sp³-hybridized carbons (Fsp3) is 0.462. The summed E-state index contributed by atoms with van der Waals surface area (Å²) in [6, 6.07) is 4.25. The number of nitrogens with one attached hydrogen (secondary N) is 2. The van der Waals surface area contributed by atoms with Gasteiger partial charge in [-0.2, -0.15) is 0 Å². The normalized spacial score (nSPS) is 15.9. The smallest absolute Gasteiger partial charge is 0.222 e. The van der Waals surface area contributed by atoms with E-state index in [4.69, 9.17) is 17.3 Å². The first-order valence-electron chi connectivity index (χ1n) is 6.29. The highest BCUT2D eigenvalue weighted by Crippen LogP contribution is 2.20. The minimum Gasteiger partial charge on any atom is -0.380 e. The molecule has 104 valence electrons. The summed E-state index contributed by atoms with van der Waals surface area (Å²) in [5.74, 6) is -0.457. The summed E-state index contributed by atoms with van der Waals surface area (Å²) in [6.07, 6.45) is 2.36. The number of hydrogen-bond acceptors (Lipinski definition) is 3. The van der Waals surface area contributed by atoms with Gasteiger partial charge in [-0.3, -0.25) is 4.79 Å². The molecule has 0 heterocycles. The molecule has 1 saturated carbocycles. The molecule has 1 aliphatic rings. The molecule has 4 N–H and O–H groups in total. The molecule has 1 unspecified atom stereocenters. The van der Waals surface area contributed by atoms with Crippen LogP contribution in [0, 0.1) is 5.82 Å². The van der Waals surface area contributed by atoms with E-state index in [-0.39, 0.29) is 24.9 Å². The molecule has 0 radical (unpaired) electrons. The maximum atomic E-state index is 13.2. The summed E-state index contributed by atoms with van der Waals surface area (Å²) in [5, 5.41) is 6.22. The third kappa shape index (κ3) is 4.69. The Morgan fingerprint density at radius 2 is 2.21 bits per heavy atom. The zero-order chi connectivity index (χ0) is 13.8. The molecule has 4 nitrogen and oxygen atoms in total. The van der Waals surface area contributed by atoms with Crippen LogP contribution in [-0.4, -0.2) is 24.5 Å². The maximum Gasteiger partial charge on any atom is 0.222 e. The first kappa shape index (κ1) is 14.1. The van der Waals surface area contributed by atoms with Gasteiger partial charge in [-0.1, -0.05) is 11.6 Å². The van der Waals surface area contributed by atoms with Gasteiger partial charge in [0.05, 0.1) is 0 Å². The van der Waals surface area contributed by atoms with Gasteiger partial charge in [0.2, 0.25) is 5.91 Å². The molecule has 1 fully saturated rings. The molecule has 0 saturated heterocycles. The van der Waals surface area contributed by atoms with E-state index >= 15 is 0 Å². The van der Waals surface area contributed by atoms with E-state index < -0.39 is 5.82 Å². The highest BCUT2D eigenvalue weighted by Gasteiger charge is 2.24. The lowest BCUT2D eigenvalue weighted by Gasteiger charge is -2.18. The summed E-state index contributed by atoms with van der Waals surface area (Å²) in [7, 11) is 0. The van der Waals surface area contributed by atoms with Crippen LogP contribution in [0.4, 0.5) is 10.1 Å². The predicted octanol–water partition coefficient (Wildman–Crippen LogP) is 1.89. The topological polar surface area (TPSA) is 67.2 Å². The van der Waals surface area contributed by atoms with Crippen molar-refractivity contribution in [3.63, 3.8) is 0 Å². The second-order valence-corrected chi connectivity index (χ2v) is 5.22. The van der Waals surface area contributed by atoms with Crippen LogP contribution in [0.3, 0.4) is 0 Å². The lowest BCUT2D eigenvalue weighted by Crippen LogP contribution is -2.36. The van der Waals surface area contributed by atoms with E-state index in [2.05, 4.69) is 10.6 Å². The van der Waals surface area contributed by atoms with Crippen molar-refractivity contribution in [3.05, 3.63) is 29.0 Å². The molecule has 1 aromatic rings. The summed E-state index contributed by atoms with van der Waals surface area (Å²) >= 11 is 5.77. The molecule has 0 bridgehead atoms. The van der Waals surface area contributed by atoms with Gasteiger partial charge in [0.1, 0.15) is 5.82 Å². The van der Waals surface area contributed by atoms with Crippen LogP contribution in [0.15, 0.2) is 18.2 Å². The van der Waals surface area contributed by atoms with E-state index in [1.165, 1.54) is 12.1 Å². The van der Waals surface area contributed by atoms with Crippen molar-refractivity contribution < 1.29 is 9.18 Å². The minimum absolute atomic E-state index is 0.0343. The van der Waals surface area contributed by atoms with Crippen molar-refractivity contribution in [1.82, 2.24) is 5.32 Å². The van der Waals surface area contributed by atoms with E-state index in [9.17, 15) is 9.18 Å². The molecule has 1 amide bonds. The number of hydrogen-bond donors (Lipinski definition) is 3. The number of halogens is 2. The SMILES string of the molecule is NCC(CC(=O)NC1CC1)Nc1cc(F)cc(Cl)c1. The van der Waals surface area contributed by atoms with Crippen LogP contribution >= 0.6 is 11.6 Å². The molecule has 2 rings (SSSR count). The standard InChI is InChI=1S/C13H17ClFN3O/c14-8-3-9(15)5-11(4-8)17-12(7-16)6-13(19)18-10-1-2-10/h3-5,10,12,17H,1-2,6-7,16H2,(H,18,19). The van der Waals surface area contributed by atoms with E-state index in [1.54, 1.807) is 6.07 Å². The maximum absolute atomic E-state index is 13.2. The lowest BCUT2D eigenvalue weighted by molar-refractivity contribution is -0.121. The summed E-state index contributed by atoms with van der Waals surface area (Å²) in [5.41, 5.74) is 6.15. The Morgan fingerprint density at radius 3 is 2.79 bits per heavy atom. The molecule has 0 spiro atoms. The molecule has 0 aliphatic heterocycles. The Kier molecular flexibility index (Phi) is 4.61. The number of carbonyl (C=O) groups is 1. The monoisotopic (exact) mass is 285 g/mol. The first-order valence-corrected chi connectivity index (χ1v) is 6.66. The molecule has 0 aromatic heterocycles. The number of amides is 1. The molecule has 1 atom stereocenters. The quantitative estimate of drug-likeness (QED) is 0.748. The highest BCUT2D eigenvalue weighted by atomic mass is 35.5. The second-order valence-electron chi connectivity index (χ2n) is 4.78. The van der Waals surface area contributed by atoms with Crippen molar-refractivity contribution in [3.8, 4) is 0 Å². The molecule has 19 heavy (non-hydrogen) atoms. The Hall–Kier alpha value is -1.33. The lowest BCUT2D eigenvalue weighted by atomic mass is 10.1. The predicted molar refractivity (Wildman–Crippen MR) is 73.7 cm³/mol. The largest absolute Gasteiger partial charge is 0.380 e. The van der Waals surface area contributed by atoms with Gasteiger partial charge in [-0.05, 0) is 31.0 Å². The summed E-state index contributed by atoms with van der Waals surface area (Å²) < 4.78 is 13.2. The number of nitrogens with two attached hydrogens (primary N) is 1. The molecule has 1 aliphatic carbocycles. The number of carbonyl (C=O) groups excluding carboxylic acids is 1. The fourth-order valence-corrected chi connectivity index (χ4v) is 2.03. The second kappa shape index (κ2) is 6.21. The molecule has 1 aromatic carbocycles. The zero-order valence-corrected chi connectivity index (χ0v) is 11.2. The zero-order valence-electron chi connectivity index (χ0n) is 10.5. The summed E-state index contributed by atoms with van der Waals surface area (Å²) in [6.45, 7) is 0.284. The van der Waals surface area contributed by atoms with Crippen molar-refractivity contribution in [2.45, 2.75) is 31.3 Å². The number of benzene rings is 1. The van der Waals surface area contributed by atoms with Gasteiger partial charge in [0.25, 0.3) is 0 Å². The summed E-state index contributed by atoms with van der Waals surface area (Å²) in [4.78, 5) is 11.7. The van der Waals surface area contributed by atoms with Crippen molar-refractivity contribution in [2.24, 2.45) is 5.73 Å². The van der Waals surface area contributed by atoms with Crippen LogP contribution < -0.4 is 16.4 Å². The van der Waals surface area contributed by atoms with Gasteiger partial charge in [0.15, 0.2) is 0 Å². The molecule has 6 heteroatoms. The third-order valence-electron chi connectivity index (χ3n) is 2.89. The Morgan fingerprint density at radius 1 is 1.47 bits per heavy atom. The van der Waals surface area contributed by atoms with Crippen LogP contribution in [0.1, 0.15) is 19.3 Å². The minimum atomic E-state index is -0.423. The van der Waals surface area contributed by atoms with Crippen molar-refractivity contribution >= 4 is 23.2 Å². The van der Waals surface area contributed by atoms with Crippen LogP contribution in [0.2, 0.25) is 5.02 Å². The van der Waals surface area contributed by atoms with E-state index in [0.717, 1.165) is 12.8 Å². The highest BCUT2D eigenvalue weighted by molar-refractivity contribution is 6.30. The van der Waals surface area contributed by atoms with Gasteiger partial charge in [-0.25, -0.2) is 4.39 Å². The van der Waals surface area contributed by atoms with Crippen molar-refractivity contribution in [1.29, 1.82) is 0 Å². The third-order valence-corrected chi connectivity index (χ3v) is 3.11. The van der Waals surface area contributed by atoms with Gasteiger partial charge >= 0.3 is 0 Å². The number of rotatable bonds is 6. The van der Waals surface area contributed by atoms with E-state index in [0.29, 0.717) is 16.8 Å². The van der Waals surface area contributed by atoms with Crippen molar-refractivity contribution in [2.75, 3.05) is 11.9 Å². The Balaban J connectivity index is 1.91. The first-order chi connectivity index (χ1) is 9.06. The Bertz CT molecular complexity index is 445. The van der Waals surface area contributed by atoms with Crippen LogP contribution in [0.5, 0.6) is 0 Å². The number of anilines is 1. The average Bonchev–Trinajstić information content (AvgIpc) is 3.10. The fourth-order valence-electron chi connectivity index (χ4n) is 1.80. The van der Waals surface area contributed by atoms with Gasteiger partial charge in [-0.15, -0.1) is 0 Å². The average molecular weight is 286 g/mol. The Labute approximate surface area is 116 Å². The molecular weight excluding hydrogens is 269 g/mol. The van der Waals surface area contributed by atoms with Gasteiger partial charge in [0, 0.05) is 35.8 Å². The van der Waals surface area contributed by atoms with Crippen LogP contribution in [-0.2, 0) is 4.79 Å².